The van der Waals surface area contributed by atoms with E-state index in [-0.39, 0.29) is 16.8 Å². The van der Waals surface area contributed by atoms with Gasteiger partial charge >= 0.3 is 0 Å². The molecule has 0 fully saturated rings. The second kappa shape index (κ2) is 7.85. The number of carbonyl (C=O) groups excluding carboxylic acids is 1. The summed E-state index contributed by atoms with van der Waals surface area (Å²) in [5, 5.41) is 2.83. The Labute approximate surface area is 170 Å². The van der Waals surface area contributed by atoms with Gasteiger partial charge in [-0.1, -0.05) is 30.3 Å². The van der Waals surface area contributed by atoms with Gasteiger partial charge < -0.3 is 9.73 Å². The first-order chi connectivity index (χ1) is 13.9. The fourth-order valence-corrected chi connectivity index (χ4v) is 4.98. The summed E-state index contributed by atoms with van der Waals surface area (Å²) in [5.41, 5.74) is 2.49. The number of benzene rings is 2. The quantitative estimate of drug-likeness (QED) is 0.698. The van der Waals surface area contributed by atoms with E-state index in [1.807, 2.05) is 31.2 Å². The largest absolute Gasteiger partial charge is 0.467 e. The van der Waals surface area contributed by atoms with Crippen LogP contribution in [0.5, 0.6) is 0 Å². The molecule has 2 aromatic carbocycles. The predicted octanol–water partition coefficient (Wildman–Crippen LogP) is 3.52. The van der Waals surface area contributed by atoms with E-state index in [2.05, 4.69) is 5.32 Å². The molecule has 4 rings (SSSR count). The molecular weight excluding hydrogens is 388 g/mol. The lowest BCUT2D eigenvalue weighted by molar-refractivity contribution is 0.0935. The van der Waals surface area contributed by atoms with Gasteiger partial charge in [-0.3, -0.25) is 4.79 Å². The molecule has 150 valence electrons. The molecule has 0 radical (unpaired) electrons. The Bertz CT molecular complexity index is 1120. The number of carbonyl (C=O) groups is 1. The van der Waals surface area contributed by atoms with Gasteiger partial charge in [-0.2, -0.15) is 4.31 Å². The molecule has 0 saturated carbocycles. The molecule has 1 amide bonds. The normalized spacial score (nSPS) is 15.5. The monoisotopic (exact) mass is 410 g/mol. The number of rotatable bonds is 5. The molecule has 6 nitrogen and oxygen atoms in total. The van der Waals surface area contributed by atoms with Crippen molar-refractivity contribution in [1.82, 2.24) is 9.62 Å². The van der Waals surface area contributed by atoms with Gasteiger partial charge in [0.1, 0.15) is 5.76 Å². The van der Waals surface area contributed by atoms with Crippen LogP contribution >= 0.6 is 0 Å². The highest BCUT2D eigenvalue weighted by Crippen LogP contribution is 2.25. The zero-order chi connectivity index (χ0) is 20.4. The van der Waals surface area contributed by atoms with Crippen molar-refractivity contribution in [2.24, 2.45) is 0 Å². The molecule has 2 heterocycles. The number of amides is 1. The van der Waals surface area contributed by atoms with E-state index < -0.39 is 10.0 Å². The first kappa shape index (κ1) is 19.4. The van der Waals surface area contributed by atoms with Gasteiger partial charge in [0.15, 0.2) is 0 Å². The third-order valence-corrected chi connectivity index (χ3v) is 6.99. The van der Waals surface area contributed by atoms with Crippen molar-refractivity contribution < 1.29 is 17.6 Å². The highest BCUT2D eigenvalue weighted by Gasteiger charge is 2.28. The summed E-state index contributed by atoms with van der Waals surface area (Å²) in [6.07, 6.45) is 2.22. The lowest BCUT2D eigenvalue weighted by Gasteiger charge is -2.28. The van der Waals surface area contributed by atoms with Crippen LogP contribution in [0.1, 0.15) is 40.2 Å². The highest BCUT2D eigenvalue weighted by molar-refractivity contribution is 7.89. The Morgan fingerprint density at radius 1 is 1.07 bits per heavy atom. The maximum atomic E-state index is 13.2. The average Bonchev–Trinajstić information content (AvgIpc) is 3.28. The minimum Gasteiger partial charge on any atom is -0.467 e. The van der Waals surface area contributed by atoms with Crippen molar-refractivity contribution >= 4 is 15.9 Å². The number of furan rings is 1. The zero-order valence-electron chi connectivity index (χ0n) is 16.0. The summed E-state index contributed by atoms with van der Waals surface area (Å²) in [5.74, 6) is 0.282. The number of nitrogens with one attached hydrogen (secondary N) is 1. The molecular formula is C22H22N2O4S. The molecule has 1 N–H and O–H groups in total. The Balaban J connectivity index is 1.54. The number of nitrogens with zero attached hydrogens (tertiary/aromatic N) is 1. The Morgan fingerprint density at radius 2 is 1.86 bits per heavy atom. The van der Waals surface area contributed by atoms with Crippen LogP contribution in [0, 0.1) is 0 Å². The van der Waals surface area contributed by atoms with Gasteiger partial charge in [-0.25, -0.2) is 8.42 Å². The SMILES string of the molecule is C[C@H](NC(=O)c1cccc(S(=O)(=O)N2CCc3ccccc3C2)c1)c1ccco1. The molecule has 29 heavy (non-hydrogen) atoms. The van der Waals surface area contributed by atoms with Crippen LogP contribution in [-0.4, -0.2) is 25.2 Å². The topological polar surface area (TPSA) is 79.6 Å². The standard InChI is InChI=1S/C22H22N2O4S/c1-16(21-10-5-13-28-21)23-22(25)18-8-4-9-20(14-18)29(26,27)24-12-11-17-6-2-3-7-19(17)15-24/h2-10,13-14,16H,11-12,15H2,1H3,(H,23,25)/t16-/m0/s1. The van der Waals surface area contributed by atoms with Crippen LogP contribution in [0.4, 0.5) is 0 Å². The lowest BCUT2D eigenvalue weighted by atomic mass is 10.0. The van der Waals surface area contributed by atoms with Gasteiger partial charge in [-0.05, 0) is 54.8 Å². The molecule has 0 saturated heterocycles. The molecule has 0 aliphatic carbocycles. The number of hydrogen-bond acceptors (Lipinski definition) is 4. The van der Waals surface area contributed by atoms with Gasteiger partial charge in [0, 0.05) is 18.7 Å². The molecule has 0 spiro atoms. The summed E-state index contributed by atoms with van der Waals surface area (Å²) < 4.78 is 33.1. The van der Waals surface area contributed by atoms with Crippen LogP contribution in [0.2, 0.25) is 0 Å². The summed E-state index contributed by atoms with van der Waals surface area (Å²) >= 11 is 0. The molecule has 1 atom stereocenters. The third kappa shape index (κ3) is 3.97. The number of fused-ring (bicyclic) bond motifs is 1. The summed E-state index contributed by atoms with van der Waals surface area (Å²) in [6.45, 7) is 2.57. The smallest absolute Gasteiger partial charge is 0.251 e. The Kier molecular flexibility index (Phi) is 5.25. The zero-order valence-corrected chi connectivity index (χ0v) is 16.9. The molecule has 1 aromatic heterocycles. The van der Waals surface area contributed by atoms with Crippen molar-refractivity contribution in [2.45, 2.75) is 30.8 Å². The van der Waals surface area contributed by atoms with Crippen molar-refractivity contribution in [3.63, 3.8) is 0 Å². The van der Waals surface area contributed by atoms with E-state index in [4.69, 9.17) is 4.42 Å². The maximum absolute atomic E-state index is 13.2. The minimum absolute atomic E-state index is 0.121. The van der Waals surface area contributed by atoms with E-state index in [0.29, 0.717) is 30.8 Å². The van der Waals surface area contributed by atoms with Crippen LogP contribution in [-0.2, 0) is 23.0 Å². The Hall–Kier alpha value is -2.90. The van der Waals surface area contributed by atoms with Gasteiger partial charge in [-0.15, -0.1) is 0 Å². The fraction of sp³-hybridized carbons (Fsp3) is 0.227. The summed E-state index contributed by atoms with van der Waals surface area (Å²) in [7, 11) is -3.70. The molecule has 3 aromatic rings. The lowest BCUT2D eigenvalue weighted by Crippen LogP contribution is -2.36. The molecule has 0 bridgehead atoms. The average molecular weight is 410 g/mol. The fourth-order valence-electron chi connectivity index (χ4n) is 3.51. The van der Waals surface area contributed by atoms with Gasteiger partial charge in [0.25, 0.3) is 5.91 Å². The van der Waals surface area contributed by atoms with E-state index >= 15 is 0 Å². The van der Waals surface area contributed by atoms with E-state index in [1.54, 1.807) is 30.5 Å². The molecule has 1 aliphatic heterocycles. The van der Waals surface area contributed by atoms with Crippen molar-refractivity contribution in [3.8, 4) is 0 Å². The maximum Gasteiger partial charge on any atom is 0.251 e. The van der Waals surface area contributed by atoms with Crippen molar-refractivity contribution in [2.75, 3.05) is 6.54 Å². The Morgan fingerprint density at radius 3 is 2.62 bits per heavy atom. The van der Waals surface area contributed by atoms with Crippen molar-refractivity contribution in [3.05, 3.63) is 89.4 Å². The van der Waals surface area contributed by atoms with E-state index in [0.717, 1.165) is 5.56 Å². The van der Waals surface area contributed by atoms with Crippen LogP contribution < -0.4 is 5.32 Å². The van der Waals surface area contributed by atoms with Gasteiger partial charge in [0.2, 0.25) is 10.0 Å². The van der Waals surface area contributed by atoms with Crippen LogP contribution in [0.25, 0.3) is 0 Å². The third-order valence-electron chi connectivity index (χ3n) is 5.15. The molecule has 7 heteroatoms. The molecule has 1 aliphatic rings. The number of hydrogen-bond donors (Lipinski definition) is 1. The van der Waals surface area contributed by atoms with E-state index in [1.165, 1.54) is 22.0 Å². The highest BCUT2D eigenvalue weighted by atomic mass is 32.2. The van der Waals surface area contributed by atoms with Gasteiger partial charge in [0.05, 0.1) is 17.2 Å². The predicted molar refractivity (Wildman–Crippen MR) is 109 cm³/mol. The summed E-state index contributed by atoms with van der Waals surface area (Å²) in [4.78, 5) is 12.7. The number of sulfonamides is 1. The first-order valence-electron chi connectivity index (χ1n) is 9.46. The van der Waals surface area contributed by atoms with Crippen LogP contribution in [0.15, 0.2) is 76.2 Å². The second-order valence-electron chi connectivity index (χ2n) is 7.10. The van der Waals surface area contributed by atoms with Crippen LogP contribution in [0.3, 0.4) is 0 Å². The first-order valence-corrected chi connectivity index (χ1v) is 10.9. The summed E-state index contributed by atoms with van der Waals surface area (Å²) in [6, 6.07) is 17.2. The molecule has 0 unspecified atom stereocenters. The second-order valence-corrected chi connectivity index (χ2v) is 9.03. The minimum atomic E-state index is -3.70. The van der Waals surface area contributed by atoms with E-state index in [9.17, 15) is 13.2 Å². The van der Waals surface area contributed by atoms with Crippen molar-refractivity contribution in [1.29, 1.82) is 0 Å².